The Morgan fingerprint density at radius 2 is 1.00 bits per heavy atom. The van der Waals surface area contributed by atoms with Crippen molar-refractivity contribution in [2.45, 2.75) is 0 Å². The van der Waals surface area contributed by atoms with Gasteiger partial charge in [-0.2, -0.15) is 0 Å². The number of rotatable bonds is 0. The Kier molecular flexibility index (Phi) is 162. The second kappa shape index (κ2) is 18.9. The monoisotopic (exact) mass is 155 g/mol. The molecule has 0 aromatic rings. The summed E-state index contributed by atoms with van der Waals surface area (Å²) in [5.41, 5.74) is 0. The van der Waals surface area contributed by atoms with Crippen LogP contribution in [0.2, 0.25) is 0 Å². The van der Waals surface area contributed by atoms with Gasteiger partial charge in [-0.05, 0) is 0 Å². The molecule has 0 fully saturated rings. The van der Waals surface area contributed by atoms with E-state index in [1.807, 2.05) is 0 Å². The van der Waals surface area contributed by atoms with Crippen molar-refractivity contribution in [1.29, 1.82) is 0 Å². The SMILES string of the molecule is [Mg].[Mn].[Si].[Ti]. The summed E-state index contributed by atoms with van der Waals surface area (Å²) in [4.78, 5) is 0. The van der Waals surface area contributed by atoms with Gasteiger partial charge in [0.2, 0.25) is 0 Å². The van der Waals surface area contributed by atoms with Crippen LogP contribution in [0.15, 0.2) is 0 Å². The molecule has 4 heteroatoms. The van der Waals surface area contributed by atoms with Crippen molar-refractivity contribution in [1.82, 2.24) is 0 Å². The van der Waals surface area contributed by atoms with Gasteiger partial charge in [0.1, 0.15) is 0 Å². The molecule has 17 valence electrons. The van der Waals surface area contributed by atoms with E-state index in [2.05, 4.69) is 0 Å². The Bertz CT molecular complexity index is 8.00. The molecule has 0 aliphatic rings. The molecule has 0 heterocycles. The van der Waals surface area contributed by atoms with Crippen LogP contribution >= 0.6 is 0 Å². The van der Waals surface area contributed by atoms with E-state index in [1.54, 1.807) is 0 Å². The van der Waals surface area contributed by atoms with Gasteiger partial charge in [-0.25, -0.2) is 0 Å². The third-order valence-electron chi connectivity index (χ3n) is 0. The van der Waals surface area contributed by atoms with Crippen molar-refractivity contribution < 1.29 is 38.8 Å². The van der Waals surface area contributed by atoms with Crippen LogP contribution < -0.4 is 0 Å². The van der Waals surface area contributed by atoms with E-state index in [-0.39, 0.29) is 72.8 Å². The maximum atomic E-state index is 0. The molecule has 0 nitrogen and oxygen atoms in total. The van der Waals surface area contributed by atoms with Gasteiger partial charge in [0, 0.05) is 72.8 Å². The largest absolute Gasteiger partial charge is 0 e. The fourth-order valence-corrected chi connectivity index (χ4v) is 0. The topological polar surface area (TPSA) is 0 Å². The predicted molar refractivity (Wildman–Crippen MR) is 11.5 cm³/mol. The summed E-state index contributed by atoms with van der Waals surface area (Å²) in [5.74, 6) is 0. The maximum Gasteiger partial charge on any atom is 0 e. The molecule has 7 radical (unpaired) electrons. The van der Waals surface area contributed by atoms with Crippen molar-refractivity contribution in [3.63, 3.8) is 0 Å². The van der Waals surface area contributed by atoms with Gasteiger partial charge in [-0.15, -0.1) is 0 Å². The molecule has 0 rings (SSSR count). The van der Waals surface area contributed by atoms with E-state index in [0.29, 0.717) is 0 Å². The normalized spacial score (nSPS) is 0. The first kappa shape index (κ1) is 34.4. The Balaban J connectivity index is 0. The molecule has 0 spiro atoms. The van der Waals surface area contributed by atoms with Crippen LogP contribution in [0.25, 0.3) is 0 Å². The first-order valence-electron chi connectivity index (χ1n) is 0. The number of hydrogen-bond donors (Lipinski definition) is 0. The van der Waals surface area contributed by atoms with Gasteiger partial charge >= 0.3 is 0 Å². The van der Waals surface area contributed by atoms with Crippen LogP contribution in [0.5, 0.6) is 0 Å². The molecule has 0 aliphatic carbocycles. The Labute approximate surface area is 72.0 Å². The molecule has 0 aromatic carbocycles. The fourth-order valence-electron chi connectivity index (χ4n) is 0. The minimum Gasteiger partial charge on any atom is 0 e. The van der Waals surface area contributed by atoms with Gasteiger partial charge in [-0.1, -0.05) is 0 Å². The standard InChI is InChI=1S/Mg.Mn.Si.Ti. The molecule has 4 heavy (non-hydrogen) atoms. The van der Waals surface area contributed by atoms with Crippen molar-refractivity contribution in [2.24, 2.45) is 0 Å². The summed E-state index contributed by atoms with van der Waals surface area (Å²) in [6.07, 6.45) is 0. The van der Waals surface area contributed by atoms with Gasteiger partial charge in [-0.3, -0.25) is 0 Å². The summed E-state index contributed by atoms with van der Waals surface area (Å²) < 4.78 is 0. The van der Waals surface area contributed by atoms with Crippen molar-refractivity contribution >= 4 is 34.0 Å². The summed E-state index contributed by atoms with van der Waals surface area (Å²) in [6.45, 7) is 0. The zero-order valence-electron chi connectivity index (χ0n) is 2.09. The van der Waals surface area contributed by atoms with E-state index in [1.165, 1.54) is 0 Å². The summed E-state index contributed by atoms with van der Waals surface area (Å²) >= 11 is 0. The minimum absolute atomic E-state index is 0. The molecular weight excluding hydrogens is 155 g/mol. The Hall–Kier alpha value is 2.22. The van der Waals surface area contributed by atoms with E-state index in [4.69, 9.17) is 0 Å². The van der Waals surface area contributed by atoms with Crippen LogP contribution in [0.1, 0.15) is 0 Å². The van der Waals surface area contributed by atoms with Crippen molar-refractivity contribution in [3.05, 3.63) is 0 Å². The van der Waals surface area contributed by atoms with Crippen LogP contribution in [-0.2, 0) is 38.8 Å². The maximum absolute atomic E-state index is 0. The quantitative estimate of drug-likeness (QED) is 0.403. The van der Waals surface area contributed by atoms with Gasteiger partial charge in [0.05, 0.1) is 0 Å². The zero-order chi connectivity index (χ0) is 0. The molecule has 0 bridgehead atoms. The molecule has 0 unspecified atom stereocenters. The molecular formula is MgMnSiTi. The van der Waals surface area contributed by atoms with Gasteiger partial charge in [0.15, 0.2) is 0 Å². The molecule has 0 aliphatic heterocycles. The van der Waals surface area contributed by atoms with E-state index >= 15 is 0 Å². The predicted octanol–water partition coefficient (Wildman–Crippen LogP) is -0.767. The van der Waals surface area contributed by atoms with Crippen molar-refractivity contribution in [2.75, 3.05) is 0 Å². The first-order valence-corrected chi connectivity index (χ1v) is 0. The van der Waals surface area contributed by atoms with Crippen molar-refractivity contribution in [3.8, 4) is 0 Å². The Morgan fingerprint density at radius 3 is 1.00 bits per heavy atom. The van der Waals surface area contributed by atoms with Crippen LogP contribution in [0.3, 0.4) is 0 Å². The summed E-state index contributed by atoms with van der Waals surface area (Å²) in [5, 5.41) is 0. The fraction of sp³-hybridized carbons (Fsp3) is 0. The van der Waals surface area contributed by atoms with E-state index in [9.17, 15) is 0 Å². The second-order valence-electron chi connectivity index (χ2n) is 0. The molecule has 0 atom stereocenters. The van der Waals surface area contributed by atoms with Crippen LogP contribution in [0.4, 0.5) is 0 Å². The summed E-state index contributed by atoms with van der Waals surface area (Å²) in [7, 11) is 0. The molecule has 0 amide bonds. The van der Waals surface area contributed by atoms with Gasteiger partial charge in [0.25, 0.3) is 0 Å². The zero-order valence-corrected chi connectivity index (χ0v) is 7.24. The summed E-state index contributed by atoms with van der Waals surface area (Å²) in [6, 6.07) is 0. The van der Waals surface area contributed by atoms with E-state index < -0.39 is 0 Å². The number of hydrogen-bond acceptors (Lipinski definition) is 0. The average Bonchev–Trinajstić information content (AvgIpc) is 0. The molecule has 0 aromatic heterocycles. The van der Waals surface area contributed by atoms with E-state index in [0.717, 1.165) is 0 Å². The molecule has 0 saturated heterocycles. The minimum atomic E-state index is 0. The third kappa shape index (κ3) is 8.88. The second-order valence-corrected chi connectivity index (χ2v) is 0. The molecule has 0 saturated carbocycles. The third-order valence-corrected chi connectivity index (χ3v) is 0. The van der Waals surface area contributed by atoms with Gasteiger partial charge < -0.3 is 0 Å². The van der Waals surface area contributed by atoms with Crippen LogP contribution in [0, 0.1) is 0 Å². The Morgan fingerprint density at radius 1 is 1.00 bits per heavy atom. The first-order chi connectivity index (χ1) is 0. The van der Waals surface area contributed by atoms with Crippen LogP contribution in [-0.4, -0.2) is 34.0 Å². The molecule has 0 N–H and O–H groups in total. The smallest absolute Gasteiger partial charge is 0 e. The average molecular weight is 155 g/mol.